The van der Waals surface area contributed by atoms with E-state index in [4.69, 9.17) is 15.3 Å². The van der Waals surface area contributed by atoms with Crippen molar-refractivity contribution in [2.45, 2.75) is 0 Å². The second-order valence-electron chi connectivity index (χ2n) is 3.23. The molecule has 0 bridgehead atoms. The first-order chi connectivity index (χ1) is 9.35. The fourth-order valence-electron chi connectivity index (χ4n) is 0.996. The average molecular weight is 258 g/mol. The molecule has 0 aliphatic rings. The topological polar surface area (TPSA) is 60.7 Å². The largest absolute Gasteiger partial charge is 0.392 e. The Hall–Kier alpha value is -2.04. The lowest BCUT2D eigenvalue weighted by Crippen LogP contribution is -1.85. The summed E-state index contributed by atoms with van der Waals surface area (Å²) >= 11 is 0. The van der Waals surface area contributed by atoms with E-state index in [0.29, 0.717) is 0 Å². The number of hydrogen-bond acceptors (Lipinski definition) is 3. The number of aliphatic hydroxyl groups is 3. The van der Waals surface area contributed by atoms with Gasteiger partial charge >= 0.3 is 0 Å². The molecule has 0 heterocycles. The number of rotatable bonds is 5. The van der Waals surface area contributed by atoms with Crippen LogP contribution in [0, 0.1) is 29.6 Å². The monoisotopic (exact) mass is 258 g/mol. The van der Waals surface area contributed by atoms with E-state index < -0.39 is 0 Å². The van der Waals surface area contributed by atoms with Crippen LogP contribution in [0.2, 0.25) is 0 Å². The first-order valence-electron chi connectivity index (χ1n) is 5.82. The van der Waals surface area contributed by atoms with Crippen molar-refractivity contribution in [1.29, 1.82) is 0 Å². The van der Waals surface area contributed by atoms with Gasteiger partial charge < -0.3 is 15.3 Å². The molecule has 3 heteroatoms. The third-order valence-electron chi connectivity index (χ3n) is 1.80. The fourth-order valence-corrected chi connectivity index (χ4v) is 0.996. The third-order valence-corrected chi connectivity index (χ3v) is 1.80. The predicted molar refractivity (Wildman–Crippen MR) is 76.9 cm³/mol. The van der Waals surface area contributed by atoms with Crippen molar-refractivity contribution in [2.75, 3.05) is 19.8 Å². The van der Waals surface area contributed by atoms with E-state index in [-0.39, 0.29) is 25.7 Å². The zero-order chi connectivity index (χ0) is 14.2. The Morgan fingerprint density at radius 2 is 1.63 bits per heavy atom. The molecule has 1 unspecified atom stereocenters. The first kappa shape index (κ1) is 17.0. The van der Waals surface area contributed by atoms with Crippen molar-refractivity contribution in [3.8, 4) is 23.7 Å². The Morgan fingerprint density at radius 3 is 2.32 bits per heavy atom. The summed E-state index contributed by atoms with van der Waals surface area (Å²) < 4.78 is 0. The molecule has 100 valence electrons. The van der Waals surface area contributed by atoms with Gasteiger partial charge in [0.15, 0.2) is 0 Å². The fraction of sp³-hybridized carbons (Fsp3) is 0.250. The third kappa shape index (κ3) is 12.2. The summed E-state index contributed by atoms with van der Waals surface area (Å²) in [6.45, 7) is -0.209. The molecule has 0 spiro atoms. The SMILES string of the molecule is OCC#CC=CC(C#CC=CCO)C=CC=CCO. The highest BCUT2D eigenvalue weighted by atomic mass is 16.3. The molecule has 3 N–H and O–H groups in total. The minimum Gasteiger partial charge on any atom is -0.392 e. The number of allylic oxidation sites excluding steroid dienone is 6. The molecule has 0 aromatic rings. The maximum Gasteiger partial charge on any atom is 0.104 e. The van der Waals surface area contributed by atoms with Gasteiger partial charge in [-0.15, -0.1) is 0 Å². The molecular weight excluding hydrogens is 240 g/mol. The average Bonchev–Trinajstić information content (AvgIpc) is 2.43. The Morgan fingerprint density at radius 1 is 0.842 bits per heavy atom. The molecule has 1 atom stereocenters. The minimum atomic E-state index is -0.172. The van der Waals surface area contributed by atoms with Gasteiger partial charge in [-0.1, -0.05) is 60.1 Å². The molecular formula is C16H18O3. The van der Waals surface area contributed by atoms with E-state index in [9.17, 15) is 0 Å². The second kappa shape index (κ2) is 14.0. The van der Waals surface area contributed by atoms with Crippen molar-refractivity contribution in [1.82, 2.24) is 0 Å². The summed E-state index contributed by atoms with van der Waals surface area (Å²) in [5.41, 5.74) is 0. The lowest BCUT2D eigenvalue weighted by atomic mass is 10.1. The van der Waals surface area contributed by atoms with Gasteiger partial charge in [-0.3, -0.25) is 0 Å². The Labute approximate surface area is 114 Å². The summed E-state index contributed by atoms with van der Waals surface area (Å²) in [6.07, 6.45) is 13.5. The Balaban J connectivity index is 4.66. The highest BCUT2D eigenvalue weighted by Gasteiger charge is 1.91. The van der Waals surface area contributed by atoms with Crippen LogP contribution in [0.25, 0.3) is 0 Å². The molecule has 0 aliphatic carbocycles. The highest BCUT2D eigenvalue weighted by Crippen LogP contribution is 2.00. The van der Waals surface area contributed by atoms with Gasteiger partial charge in [0.2, 0.25) is 0 Å². The molecule has 0 aromatic carbocycles. The zero-order valence-electron chi connectivity index (χ0n) is 10.7. The van der Waals surface area contributed by atoms with Crippen LogP contribution >= 0.6 is 0 Å². The van der Waals surface area contributed by atoms with Crippen molar-refractivity contribution in [2.24, 2.45) is 5.92 Å². The molecule has 0 fully saturated rings. The highest BCUT2D eigenvalue weighted by molar-refractivity contribution is 5.28. The Bertz CT molecular complexity index is 448. The van der Waals surface area contributed by atoms with E-state index >= 15 is 0 Å². The van der Waals surface area contributed by atoms with Gasteiger partial charge in [0.25, 0.3) is 0 Å². The van der Waals surface area contributed by atoms with Gasteiger partial charge in [-0.25, -0.2) is 0 Å². The van der Waals surface area contributed by atoms with E-state index in [0.717, 1.165) is 0 Å². The molecule has 0 saturated heterocycles. The lowest BCUT2D eigenvalue weighted by Gasteiger charge is -1.94. The maximum atomic E-state index is 8.60. The van der Waals surface area contributed by atoms with Crippen LogP contribution < -0.4 is 0 Å². The summed E-state index contributed by atoms with van der Waals surface area (Å²) in [4.78, 5) is 0. The van der Waals surface area contributed by atoms with Crippen LogP contribution in [-0.4, -0.2) is 35.1 Å². The van der Waals surface area contributed by atoms with E-state index in [2.05, 4.69) is 23.7 Å². The maximum absolute atomic E-state index is 8.60. The molecule has 0 rings (SSSR count). The lowest BCUT2D eigenvalue weighted by molar-refractivity contribution is 0.342. The second-order valence-corrected chi connectivity index (χ2v) is 3.23. The molecule has 0 amide bonds. The molecule has 0 radical (unpaired) electrons. The van der Waals surface area contributed by atoms with Gasteiger partial charge in [0.1, 0.15) is 6.61 Å². The van der Waals surface area contributed by atoms with E-state index in [1.165, 1.54) is 0 Å². The summed E-state index contributed by atoms with van der Waals surface area (Å²) in [6, 6.07) is 0. The van der Waals surface area contributed by atoms with Crippen molar-refractivity contribution in [3.05, 3.63) is 48.6 Å². The van der Waals surface area contributed by atoms with Crippen LogP contribution in [0.4, 0.5) is 0 Å². The van der Waals surface area contributed by atoms with Gasteiger partial charge in [-0.05, 0) is 12.2 Å². The normalized spacial score (nSPS) is 12.8. The van der Waals surface area contributed by atoms with Crippen molar-refractivity contribution >= 4 is 0 Å². The van der Waals surface area contributed by atoms with Gasteiger partial charge in [0.05, 0.1) is 19.1 Å². The molecule has 19 heavy (non-hydrogen) atoms. The summed E-state index contributed by atoms with van der Waals surface area (Å²) in [5.74, 6) is 10.8. The van der Waals surface area contributed by atoms with Crippen LogP contribution in [0.1, 0.15) is 0 Å². The van der Waals surface area contributed by atoms with Crippen LogP contribution in [-0.2, 0) is 0 Å². The number of hydrogen-bond donors (Lipinski definition) is 3. The predicted octanol–water partition coefficient (Wildman–Crippen LogP) is 0.811. The Kier molecular flexibility index (Phi) is 12.5. The quantitative estimate of drug-likeness (QED) is 0.505. The standard InChI is InChI=1S/C16H18O3/c17-13-7-1-4-10-16(11-5-2-8-14-18)12-6-3-9-15-19/h1-2,4,6-8,10,12,16-19H,13-15H2. The van der Waals surface area contributed by atoms with E-state index in [1.54, 1.807) is 42.5 Å². The molecule has 0 aromatic heterocycles. The summed E-state index contributed by atoms with van der Waals surface area (Å²) in [5, 5.41) is 25.7. The van der Waals surface area contributed by atoms with Crippen LogP contribution in [0.15, 0.2) is 48.6 Å². The van der Waals surface area contributed by atoms with Gasteiger partial charge in [0, 0.05) is 0 Å². The zero-order valence-corrected chi connectivity index (χ0v) is 10.7. The number of aliphatic hydroxyl groups excluding tert-OH is 3. The van der Waals surface area contributed by atoms with Crippen LogP contribution in [0.3, 0.4) is 0 Å². The van der Waals surface area contributed by atoms with Crippen molar-refractivity contribution < 1.29 is 15.3 Å². The van der Waals surface area contributed by atoms with Crippen LogP contribution in [0.5, 0.6) is 0 Å². The smallest absolute Gasteiger partial charge is 0.104 e. The van der Waals surface area contributed by atoms with Gasteiger partial charge in [-0.2, -0.15) is 0 Å². The summed E-state index contributed by atoms with van der Waals surface area (Å²) in [7, 11) is 0. The van der Waals surface area contributed by atoms with E-state index in [1.807, 2.05) is 6.08 Å². The van der Waals surface area contributed by atoms with Crippen molar-refractivity contribution in [3.63, 3.8) is 0 Å². The first-order valence-corrected chi connectivity index (χ1v) is 5.82. The minimum absolute atomic E-state index is 0.00224. The molecule has 3 nitrogen and oxygen atoms in total. The molecule has 0 aliphatic heterocycles. The molecule has 0 saturated carbocycles.